The van der Waals surface area contributed by atoms with Crippen molar-refractivity contribution in [2.24, 2.45) is 10.1 Å². The Kier molecular flexibility index (Phi) is 2.62. The van der Waals surface area contributed by atoms with Gasteiger partial charge in [-0.05, 0) is 17.7 Å². The minimum Gasteiger partial charge on any atom is -0.211 e. The summed E-state index contributed by atoms with van der Waals surface area (Å²) >= 11 is 0. The maximum absolute atomic E-state index is 9.81. The molecule has 0 N–H and O–H groups in total. The van der Waals surface area contributed by atoms with Gasteiger partial charge in [-0.1, -0.05) is 17.2 Å². The van der Waals surface area contributed by atoms with Gasteiger partial charge in [0.1, 0.15) is 0 Å². The zero-order chi connectivity index (χ0) is 8.81. The van der Waals surface area contributed by atoms with Gasteiger partial charge in [-0.3, -0.25) is 0 Å². The number of hydrogen-bond acceptors (Lipinski definition) is 3. The van der Waals surface area contributed by atoms with Gasteiger partial charge in [0.25, 0.3) is 0 Å². The van der Waals surface area contributed by atoms with Gasteiger partial charge in [-0.2, -0.15) is 4.99 Å². The van der Waals surface area contributed by atoms with Gasteiger partial charge >= 0.3 is 0 Å². The van der Waals surface area contributed by atoms with Crippen molar-refractivity contribution in [3.8, 4) is 0 Å². The van der Waals surface area contributed by atoms with Crippen LogP contribution in [0.2, 0.25) is 0 Å². The normalized spacial score (nSPS) is 8.00. The molecule has 0 aliphatic rings. The number of benzene rings is 1. The van der Waals surface area contributed by atoms with Gasteiger partial charge in [0.2, 0.25) is 6.08 Å². The highest BCUT2D eigenvalue weighted by molar-refractivity contribution is 5.52. The van der Waals surface area contributed by atoms with Gasteiger partial charge < -0.3 is 0 Å². The number of azide groups is 1. The summed E-state index contributed by atoms with van der Waals surface area (Å²) in [4.78, 5) is 15.8. The molecule has 0 atom stereocenters. The molecule has 1 aromatic rings. The molecule has 0 heterocycles. The molecule has 5 nitrogen and oxygen atoms in total. The zero-order valence-corrected chi connectivity index (χ0v) is 6.01. The summed E-state index contributed by atoms with van der Waals surface area (Å²) in [6.07, 6.45) is 1.41. The molecule has 5 heteroatoms. The molecule has 0 fully saturated rings. The van der Waals surface area contributed by atoms with E-state index in [0.29, 0.717) is 11.4 Å². The van der Waals surface area contributed by atoms with Crippen LogP contribution >= 0.6 is 0 Å². The lowest BCUT2D eigenvalue weighted by atomic mass is 10.3. The zero-order valence-electron chi connectivity index (χ0n) is 6.01. The summed E-state index contributed by atoms with van der Waals surface area (Å²) < 4.78 is 0. The summed E-state index contributed by atoms with van der Waals surface area (Å²) in [6.45, 7) is 0. The van der Waals surface area contributed by atoms with Crippen molar-refractivity contribution in [2.45, 2.75) is 0 Å². The fourth-order valence-corrected chi connectivity index (χ4v) is 0.698. The molecular weight excluding hydrogens is 156 g/mol. The fourth-order valence-electron chi connectivity index (χ4n) is 0.698. The summed E-state index contributed by atoms with van der Waals surface area (Å²) in [5, 5.41) is 3.35. The lowest BCUT2D eigenvalue weighted by molar-refractivity contribution is 0.565. The Hall–Kier alpha value is -2.09. The second-order valence-electron chi connectivity index (χ2n) is 1.91. The molecule has 0 saturated heterocycles. The van der Waals surface area contributed by atoms with E-state index in [1.165, 1.54) is 6.08 Å². The molecule has 0 aliphatic heterocycles. The maximum Gasteiger partial charge on any atom is 0.240 e. The van der Waals surface area contributed by atoms with Crippen molar-refractivity contribution in [3.05, 3.63) is 34.7 Å². The summed E-state index contributed by atoms with van der Waals surface area (Å²) in [7, 11) is 0. The van der Waals surface area contributed by atoms with Crippen LogP contribution in [0.3, 0.4) is 0 Å². The standard InChI is InChI=1S/C7H4N4O/c8-11-10-7-3-1-6(2-4-7)9-5-12/h1-4H. The molecular formula is C7H4N4O. The second kappa shape index (κ2) is 3.93. The Morgan fingerprint density at radius 1 is 1.25 bits per heavy atom. The van der Waals surface area contributed by atoms with Crippen LogP contribution in [0.15, 0.2) is 34.4 Å². The highest BCUT2D eigenvalue weighted by Gasteiger charge is 1.88. The smallest absolute Gasteiger partial charge is 0.211 e. The monoisotopic (exact) mass is 160 g/mol. The fraction of sp³-hybridized carbons (Fsp3) is 0. The van der Waals surface area contributed by atoms with E-state index < -0.39 is 0 Å². The Morgan fingerprint density at radius 2 is 1.83 bits per heavy atom. The first-order valence-corrected chi connectivity index (χ1v) is 3.10. The van der Waals surface area contributed by atoms with Crippen molar-refractivity contribution in [2.75, 3.05) is 0 Å². The van der Waals surface area contributed by atoms with Crippen molar-refractivity contribution in [3.63, 3.8) is 0 Å². The third-order valence-corrected chi connectivity index (χ3v) is 1.18. The van der Waals surface area contributed by atoms with Gasteiger partial charge in [0.15, 0.2) is 0 Å². The van der Waals surface area contributed by atoms with E-state index in [2.05, 4.69) is 15.0 Å². The summed E-state index contributed by atoms with van der Waals surface area (Å²) in [5.41, 5.74) is 9.04. The maximum atomic E-state index is 9.81. The molecule has 0 spiro atoms. The average Bonchev–Trinajstić information content (AvgIpc) is 2.09. The Balaban J connectivity index is 2.99. The topological polar surface area (TPSA) is 78.2 Å². The number of isocyanates is 1. The molecule has 0 bridgehead atoms. The van der Waals surface area contributed by atoms with E-state index in [1.807, 2.05) is 0 Å². The van der Waals surface area contributed by atoms with E-state index in [4.69, 9.17) is 5.53 Å². The number of aliphatic imine (C=N–C) groups is 1. The lowest BCUT2D eigenvalue weighted by Gasteiger charge is -1.90. The number of nitrogens with zero attached hydrogens (tertiary/aromatic N) is 4. The van der Waals surface area contributed by atoms with Crippen molar-refractivity contribution >= 4 is 17.5 Å². The van der Waals surface area contributed by atoms with Gasteiger partial charge in [-0.25, -0.2) is 4.79 Å². The first-order valence-electron chi connectivity index (χ1n) is 3.10. The van der Waals surface area contributed by atoms with Crippen LogP contribution < -0.4 is 0 Å². The van der Waals surface area contributed by atoms with Crippen LogP contribution in [0.1, 0.15) is 0 Å². The van der Waals surface area contributed by atoms with E-state index in [-0.39, 0.29) is 0 Å². The molecule has 0 amide bonds. The van der Waals surface area contributed by atoms with Crippen LogP contribution in [0, 0.1) is 0 Å². The van der Waals surface area contributed by atoms with E-state index in [1.54, 1.807) is 24.3 Å². The molecule has 1 aromatic carbocycles. The first kappa shape index (κ1) is 8.01. The Labute approximate surface area is 68.0 Å². The Bertz CT molecular complexity index is 320. The van der Waals surface area contributed by atoms with E-state index in [0.717, 1.165) is 0 Å². The van der Waals surface area contributed by atoms with Gasteiger partial charge in [0, 0.05) is 10.6 Å². The van der Waals surface area contributed by atoms with E-state index >= 15 is 0 Å². The number of hydrogen-bond donors (Lipinski definition) is 0. The van der Waals surface area contributed by atoms with E-state index in [9.17, 15) is 4.79 Å². The van der Waals surface area contributed by atoms with Crippen LogP contribution in [0.5, 0.6) is 0 Å². The predicted molar refractivity (Wildman–Crippen MR) is 43.0 cm³/mol. The highest BCUT2D eigenvalue weighted by Crippen LogP contribution is 2.17. The Morgan fingerprint density at radius 3 is 2.33 bits per heavy atom. The third-order valence-electron chi connectivity index (χ3n) is 1.18. The van der Waals surface area contributed by atoms with Crippen LogP contribution in [-0.2, 0) is 4.79 Å². The molecule has 12 heavy (non-hydrogen) atoms. The molecule has 0 aromatic heterocycles. The van der Waals surface area contributed by atoms with Crippen LogP contribution in [0.25, 0.3) is 10.4 Å². The predicted octanol–water partition coefficient (Wildman–Crippen LogP) is 2.60. The number of carbonyl (C=O) groups excluding carboxylic acids is 1. The van der Waals surface area contributed by atoms with Crippen molar-refractivity contribution in [1.82, 2.24) is 0 Å². The third kappa shape index (κ3) is 1.95. The van der Waals surface area contributed by atoms with Gasteiger partial charge in [-0.15, -0.1) is 0 Å². The largest absolute Gasteiger partial charge is 0.240 e. The minimum absolute atomic E-state index is 0.488. The molecule has 58 valence electrons. The quantitative estimate of drug-likeness (QED) is 0.215. The second-order valence-corrected chi connectivity index (χ2v) is 1.91. The molecule has 0 radical (unpaired) electrons. The summed E-state index contributed by atoms with van der Waals surface area (Å²) in [6, 6.07) is 6.26. The van der Waals surface area contributed by atoms with Crippen molar-refractivity contribution in [1.29, 1.82) is 0 Å². The van der Waals surface area contributed by atoms with Crippen molar-refractivity contribution < 1.29 is 4.79 Å². The minimum atomic E-state index is 0.488. The highest BCUT2D eigenvalue weighted by atomic mass is 16.1. The lowest BCUT2D eigenvalue weighted by Crippen LogP contribution is -1.63. The molecule has 0 aliphatic carbocycles. The average molecular weight is 160 g/mol. The number of rotatable bonds is 2. The summed E-state index contributed by atoms with van der Waals surface area (Å²) in [5.74, 6) is 0. The molecule has 0 unspecified atom stereocenters. The van der Waals surface area contributed by atoms with Crippen LogP contribution in [0.4, 0.5) is 11.4 Å². The van der Waals surface area contributed by atoms with Crippen LogP contribution in [-0.4, -0.2) is 6.08 Å². The first-order chi connectivity index (χ1) is 5.86. The molecule has 1 rings (SSSR count). The molecule has 0 saturated carbocycles. The van der Waals surface area contributed by atoms with Gasteiger partial charge in [0.05, 0.1) is 5.69 Å². The SMILES string of the molecule is [N-]=[N+]=Nc1ccc(N=C=O)cc1.